The zero-order valence-corrected chi connectivity index (χ0v) is 10.5. The summed E-state index contributed by atoms with van der Waals surface area (Å²) in [5.74, 6) is -1.09. The highest BCUT2D eigenvalue weighted by Gasteiger charge is 2.18. The molecule has 0 bridgehead atoms. The molecule has 2 N–H and O–H groups in total. The van der Waals surface area contributed by atoms with E-state index in [9.17, 15) is 14.7 Å². The van der Waals surface area contributed by atoms with Crippen LogP contribution in [0.1, 0.15) is 10.4 Å². The maximum Gasteiger partial charge on any atom is 0.337 e. The zero-order chi connectivity index (χ0) is 14.0. The molecular weight excluding hydrogens is 252 g/mol. The maximum atomic E-state index is 11.9. The molecule has 2 rings (SSSR count). The number of imidazole rings is 1. The Morgan fingerprint density at radius 3 is 2.68 bits per heavy atom. The smallest absolute Gasteiger partial charge is 0.337 e. The fraction of sp³-hybridized carbons (Fsp3) is 0.333. The Balaban J connectivity index is 2.62. The molecule has 1 aromatic carbocycles. The normalized spacial score (nSPS) is 11.3. The molecule has 0 amide bonds. The van der Waals surface area contributed by atoms with E-state index in [0.717, 1.165) is 0 Å². The minimum atomic E-state index is -1.09. The summed E-state index contributed by atoms with van der Waals surface area (Å²) in [6.45, 7) is 0.107. The van der Waals surface area contributed by atoms with Gasteiger partial charge in [0.15, 0.2) is 6.29 Å². The predicted octanol–water partition coefficient (Wildman–Crippen LogP) is 0.647. The Labute approximate surface area is 108 Å². The number of hydrogen-bond donors (Lipinski definition) is 2. The van der Waals surface area contributed by atoms with Crippen LogP contribution in [0.5, 0.6) is 0 Å². The van der Waals surface area contributed by atoms with Crippen molar-refractivity contribution < 1.29 is 19.4 Å². The SMILES string of the molecule is COC(Cn1c(=O)[nH]c2cccc(C(=O)O)c21)OC. The van der Waals surface area contributed by atoms with E-state index in [4.69, 9.17) is 9.47 Å². The van der Waals surface area contributed by atoms with E-state index < -0.39 is 17.9 Å². The minimum absolute atomic E-state index is 0.0572. The van der Waals surface area contributed by atoms with Gasteiger partial charge in [0.2, 0.25) is 0 Å². The average Bonchev–Trinajstić information content (AvgIpc) is 2.71. The predicted molar refractivity (Wildman–Crippen MR) is 67.3 cm³/mol. The summed E-state index contributed by atoms with van der Waals surface area (Å²) in [6.07, 6.45) is -0.626. The molecule has 19 heavy (non-hydrogen) atoms. The van der Waals surface area contributed by atoms with E-state index >= 15 is 0 Å². The van der Waals surface area contributed by atoms with Gasteiger partial charge in [0.1, 0.15) is 0 Å². The van der Waals surface area contributed by atoms with Gasteiger partial charge in [0.25, 0.3) is 0 Å². The molecule has 0 radical (unpaired) electrons. The number of carboxylic acids is 1. The molecule has 0 aliphatic rings. The van der Waals surface area contributed by atoms with Crippen LogP contribution in [0.4, 0.5) is 0 Å². The molecular formula is C12H14N2O5. The number of carboxylic acid groups (broad SMARTS) is 1. The number of fused-ring (bicyclic) bond motifs is 1. The van der Waals surface area contributed by atoms with Crippen molar-refractivity contribution in [3.63, 3.8) is 0 Å². The minimum Gasteiger partial charge on any atom is -0.478 e. The Morgan fingerprint density at radius 2 is 2.11 bits per heavy atom. The molecule has 0 fully saturated rings. The second kappa shape index (κ2) is 5.25. The largest absolute Gasteiger partial charge is 0.478 e. The van der Waals surface area contributed by atoms with Gasteiger partial charge in [0, 0.05) is 14.2 Å². The van der Waals surface area contributed by atoms with Crippen LogP contribution >= 0.6 is 0 Å². The number of para-hydroxylation sites is 1. The third-order valence-electron chi connectivity index (χ3n) is 2.88. The number of methoxy groups -OCH3 is 2. The molecule has 0 saturated heterocycles. The van der Waals surface area contributed by atoms with Crippen LogP contribution in [-0.2, 0) is 16.0 Å². The summed E-state index contributed by atoms with van der Waals surface area (Å²) < 4.78 is 11.4. The monoisotopic (exact) mass is 266 g/mol. The van der Waals surface area contributed by atoms with Crippen LogP contribution in [0.25, 0.3) is 11.0 Å². The lowest BCUT2D eigenvalue weighted by Crippen LogP contribution is -2.27. The second-order valence-corrected chi connectivity index (χ2v) is 3.95. The number of benzene rings is 1. The van der Waals surface area contributed by atoms with Gasteiger partial charge in [-0.1, -0.05) is 6.07 Å². The maximum absolute atomic E-state index is 11.9. The van der Waals surface area contributed by atoms with Crippen molar-refractivity contribution in [1.29, 1.82) is 0 Å². The number of nitrogens with one attached hydrogen (secondary N) is 1. The van der Waals surface area contributed by atoms with Gasteiger partial charge in [-0.25, -0.2) is 9.59 Å². The number of carbonyl (C=O) groups is 1. The highest BCUT2D eigenvalue weighted by molar-refractivity contribution is 6.01. The van der Waals surface area contributed by atoms with Gasteiger partial charge in [-0.15, -0.1) is 0 Å². The van der Waals surface area contributed by atoms with E-state index in [1.807, 2.05) is 0 Å². The first-order valence-corrected chi connectivity index (χ1v) is 5.59. The van der Waals surface area contributed by atoms with Crippen LogP contribution in [-0.4, -0.2) is 41.1 Å². The van der Waals surface area contributed by atoms with Gasteiger partial charge in [-0.05, 0) is 12.1 Å². The molecule has 0 aliphatic heterocycles. The Hall–Kier alpha value is -2.12. The molecule has 0 atom stereocenters. The van der Waals surface area contributed by atoms with E-state index in [-0.39, 0.29) is 12.1 Å². The lowest BCUT2D eigenvalue weighted by molar-refractivity contribution is -0.110. The van der Waals surface area contributed by atoms with Crippen molar-refractivity contribution >= 4 is 17.0 Å². The molecule has 1 heterocycles. The molecule has 1 aromatic heterocycles. The fourth-order valence-corrected chi connectivity index (χ4v) is 1.96. The van der Waals surface area contributed by atoms with Gasteiger partial charge >= 0.3 is 11.7 Å². The Morgan fingerprint density at radius 1 is 1.42 bits per heavy atom. The number of nitrogens with zero attached hydrogens (tertiary/aromatic N) is 1. The summed E-state index contributed by atoms with van der Waals surface area (Å²) in [5, 5.41) is 9.17. The molecule has 7 nitrogen and oxygen atoms in total. The van der Waals surface area contributed by atoms with Crippen molar-refractivity contribution in [1.82, 2.24) is 9.55 Å². The lowest BCUT2D eigenvalue weighted by Gasteiger charge is -2.14. The number of ether oxygens (including phenoxy) is 2. The first kappa shape index (κ1) is 13.3. The molecule has 0 unspecified atom stereocenters. The molecule has 0 saturated carbocycles. The third-order valence-corrected chi connectivity index (χ3v) is 2.88. The van der Waals surface area contributed by atoms with Crippen molar-refractivity contribution in [3.8, 4) is 0 Å². The second-order valence-electron chi connectivity index (χ2n) is 3.95. The van der Waals surface area contributed by atoms with Crippen molar-refractivity contribution in [3.05, 3.63) is 34.2 Å². The van der Waals surface area contributed by atoms with E-state index in [0.29, 0.717) is 11.0 Å². The van der Waals surface area contributed by atoms with Crippen molar-refractivity contribution in [2.45, 2.75) is 12.8 Å². The summed E-state index contributed by atoms with van der Waals surface area (Å²) in [7, 11) is 2.90. The standard InChI is InChI=1S/C12H14N2O5/c1-18-9(19-2)6-14-10-7(11(15)16)4-3-5-8(10)13-12(14)17/h3-5,9H,6H2,1-2H3,(H,13,17)(H,15,16). The highest BCUT2D eigenvalue weighted by atomic mass is 16.7. The summed E-state index contributed by atoms with van der Waals surface area (Å²) in [5.41, 5.74) is 0.458. The number of aromatic nitrogens is 2. The fourth-order valence-electron chi connectivity index (χ4n) is 1.96. The van der Waals surface area contributed by atoms with Crippen molar-refractivity contribution in [2.24, 2.45) is 0 Å². The van der Waals surface area contributed by atoms with E-state index in [2.05, 4.69) is 4.98 Å². The first-order valence-electron chi connectivity index (χ1n) is 5.59. The number of hydrogen-bond acceptors (Lipinski definition) is 4. The number of aromatic amines is 1. The summed E-state index contributed by atoms with van der Waals surface area (Å²) >= 11 is 0. The van der Waals surface area contributed by atoms with Gasteiger partial charge in [-0.2, -0.15) is 0 Å². The lowest BCUT2D eigenvalue weighted by atomic mass is 10.2. The molecule has 0 spiro atoms. The Bertz CT molecular complexity index is 654. The van der Waals surface area contributed by atoms with Crippen molar-refractivity contribution in [2.75, 3.05) is 14.2 Å². The molecule has 0 aliphatic carbocycles. The first-order chi connectivity index (χ1) is 9.08. The van der Waals surface area contributed by atoms with Crippen LogP contribution in [0.3, 0.4) is 0 Å². The average molecular weight is 266 g/mol. The highest BCUT2D eigenvalue weighted by Crippen LogP contribution is 2.16. The Kier molecular flexibility index (Phi) is 3.68. The van der Waals surface area contributed by atoms with Crippen LogP contribution < -0.4 is 5.69 Å². The van der Waals surface area contributed by atoms with Gasteiger partial charge in [0.05, 0.1) is 23.1 Å². The molecule has 2 aromatic rings. The topological polar surface area (TPSA) is 93.6 Å². The third kappa shape index (κ3) is 2.38. The van der Waals surface area contributed by atoms with Crippen LogP contribution in [0, 0.1) is 0 Å². The number of rotatable bonds is 5. The molecule has 7 heteroatoms. The van der Waals surface area contributed by atoms with Gasteiger partial charge < -0.3 is 19.6 Å². The summed E-state index contributed by atoms with van der Waals surface area (Å²) in [6, 6.07) is 4.67. The quantitative estimate of drug-likeness (QED) is 0.775. The van der Waals surface area contributed by atoms with E-state index in [1.165, 1.54) is 24.9 Å². The molecule has 102 valence electrons. The van der Waals surface area contributed by atoms with E-state index in [1.54, 1.807) is 12.1 Å². The van der Waals surface area contributed by atoms with Crippen LogP contribution in [0.15, 0.2) is 23.0 Å². The number of H-pyrrole nitrogens is 1. The summed E-state index contributed by atoms with van der Waals surface area (Å²) in [4.78, 5) is 25.7. The number of aromatic carboxylic acids is 1. The van der Waals surface area contributed by atoms with Crippen LogP contribution in [0.2, 0.25) is 0 Å². The van der Waals surface area contributed by atoms with Gasteiger partial charge in [-0.3, -0.25) is 4.57 Å². The zero-order valence-electron chi connectivity index (χ0n) is 10.5.